The zero-order valence-electron chi connectivity index (χ0n) is 18.3. The molecule has 162 valence electrons. The number of carboxylic acids is 1. The Hall–Kier alpha value is -2.57. The monoisotopic (exact) mass is 403 g/mol. The summed E-state index contributed by atoms with van der Waals surface area (Å²) in [5.74, 6) is 0.692. The highest BCUT2D eigenvalue weighted by Crippen LogP contribution is 2.11. The lowest BCUT2D eigenvalue weighted by molar-refractivity contribution is -0.134. The number of hydrogen-bond acceptors (Lipinski definition) is 4. The van der Waals surface area contributed by atoms with Gasteiger partial charge in [0.25, 0.3) is 5.97 Å². The molecule has 0 amide bonds. The quantitative estimate of drug-likeness (QED) is 0.452. The van der Waals surface area contributed by atoms with Gasteiger partial charge >= 0.3 is 0 Å². The molecule has 0 saturated carbocycles. The number of para-hydroxylation sites is 1. The summed E-state index contributed by atoms with van der Waals surface area (Å²) in [4.78, 5) is 18.3. The van der Waals surface area contributed by atoms with Crippen molar-refractivity contribution in [2.45, 2.75) is 78.3 Å². The minimum atomic E-state index is -0.833. The molecule has 7 heteroatoms. The summed E-state index contributed by atoms with van der Waals surface area (Å²) in [6.45, 7) is 8.28. The van der Waals surface area contributed by atoms with Gasteiger partial charge < -0.3 is 15.7 Å². The van der Waals surface area contributed by atoms with Crippen LogP contribution in [-0.4, -0.2) is 35.2 Å². The van der Waals surface area contributed by atoms with E-state index in [9.17, 15) is 0 Å². The fourth-order valence-electron chi connectivity index (χ4n) is 2.82. The molecule has 7 nitrogen and oxygen atoms in total. The standard InChI is InChI=1S/C20H33N5.C2H4O2/c1-4-5-6-7-8-9-13-16-21-18-23-19(25-20(2,3)24-18)22-17-14-11-10-12-15-17;1-2(3)4/h10-12,14-15H,4-9,13,16H2,1-3H3,(H3,21,22,23,24,25);1H3,(H,3,4). The van der Waals surface area contributed by atoms with Crippen molar-refractivity contribution in [2.24, 2.45) is 9.98 Å². The van der Waals surface area contributed by atoms with Gasteiger partial charge in [-0.2, -0.15) is 0 Å². The Morgan fingerprint density at radius 1 is 1.10 bits per heavy atom. The summed E-state index contributed by atoms with van der Waals surface area (Å²) in [5, 5.41) is 17.3. The highest BCUT2D eigenvalue weighted by molar-refractivity contribution is 6.07. The number of nitrogens with zero attached hydrogens (tertiary/aromatic N) is 2. The van der Waals surface area contributed by atoms with E-state index in [2.05, 4.69) is 32.9 Å². The molecule has 1 aromatic rings. The molecule has 1 aliphatic rings. The van der Waals surface area contributed by atoms with Crippen molar-refractivity contribution in [3.05, 3.63) is 30.3 Å². The molecule has 0 unspecified atom stereocenters. The molecule has 1 aromatic carbocycles. The number of aliphatic carboxylic acids is 1. The Bertz CT molecular complexity index is 652. The van der Waals surface area contributed by atoms with Crippen molar-refractivity contribution in [3.8, 4) is 0 Å². The van der Waals surface area contributed by atoms with E-state index in [0.29, 0.717) is 0 Å². The maximum Gasteiger partial charge on any atom is 0.300 e. The van der Waals surface area contributed by atoms with Crippen LogP contribution in [0.2, 0.25) is 0 Å². The van der Waals surface area contributed by atoms with Gasteiger partial charge in [0, 0.05) is 19.2 Å². The highest BCUT2D eigenvalue weighted by Gasteiger charge is 2.24. The first kappa shape index (κ1) is 24.5. The zero-order valence-corrected chi connectivity index (χ0v) is 18.3. The zero-order chi connectivity index (χ0) is 21.5. The number of unbranched alkanes of at least 4 members (excludes halogenated alkanes) is 6. The first-order valence-corrected chi connectivity index (χ1v) is 10.5. The predicted molar refractivity (Wildman–Crippen MR) is 121 cm³/mol. The van der Waals surface area contributed by atoms with Gasteiger partial charge in [0.05, 0.1) is 0 Å². The van der Waals surface area contributed by atoms with Crippen molar-refractivity contribution in [3.63, 3.8) is 0 Å². The molecule has 0 aliphatic carbocycles. The molecular formula is C22H37N5O2. The van der Waals surface area contributed by atoms with Crippen molar-refractivity contribution < 1.29 is 9.90 Å². The fourth-order valence-corrected chi connectivity index (χ4v) is 2.82. The molecular weight excluding hydrogens is 366 g/mol. The van der Waals surface area contributed by atoms with Gasteiger partial charge in [0.15, 0.2) is 5.96 Å². The number of nitrogens with one attached hydrogen (secondary N) is 3. The first-order chi connectivity index (χ1) is 13.8. The lowest BCUT2D eigenvalue weighted by Crippen LogP contribution is -2.57. The maximum atomic E-state index is 9.00. The van der Waals surface area contributed by atoms with Crippen LogP contribution in [0, 0.1) is 0 Å². The van der Waals surface area contributed by atoms with E-state index in [0.717, 1.165) is 37.5 Å². The third-order valence-electron chi connectivity index (χ3n) is 4.12. The average Bonchev–Trinajstić information content (AvgIpc) is 2.63. The van der Waals surface area contributed by atoms with E-state index in [-0.39, 0.29) is 5.66 Å². The molecule has 2 rings (SSSR count). The molecule has 0 radical (unpaired) electrons. The smallest absolute Gasteiger partial charge is 0.300 e. The Morgan fingerprint density at radius 2 is 1.69 bits per heavy atom. The molecule has 0 saturated heterocycles. The Kier molecular flexibility index (Phi) is 11.5. The van der Waals surface area contributed by atoms with Gasteiger partial charge in [-0.25, -0.2) is 4.99 Å². The Morgan fingerprint density at radius 3 is 2.31 bits per heavy atom. The number of carboxylic acid groups (broad SMARTS) is 1. The molecule has 1 heterocycles. The van der Waals surface area contributed by atoms with Gasteiger partial charge in [-0.15, -0.1) is 0 Å². The SMILES string of the molecule is CC(=O)O.CCCCCCCCCN=C1NC(Nc2ccccc2)=NC(C)(C)N1. The minimum Gasteiger partial charge on any atom is -0.481 e. The second-order valence-corrected chi connectivity index (χ2v) is 7.63. The van der Waals surface area contributed by atoms with Crippen molar-refractivity contribution >= 4 is 23.6 Å². The van der Waals surface area contributed by atoms with Crippen LogP contribution >= 0.6 is 0 Å². The van der Waals surface area contributed by atoms with Crippen LogP contribution in [0.4, 0.5) is 5.69 Å². The molecule has 0 aromatic heterocycles. The third-order valence-corrected chi connectivity index (χ3v) is 4.12. The Balaban J connectivity index is 0.000000960. The maximum absolute atomic E-state index is 9.00. The van der Waals surface area contributed by atoms with E-state index in [1.807, 2.05) is 44.2 Å². The number of guanidine groups is 2. The number of anilines is 1. The van der Waals surface area contributed by atoms with Crippen LogP contribution in [0.5, 0.6) is 0 Å². The second kappa shape index (κ2) is 13.6. The average molecular weight is 404 g/mol. The lowest BCUT2D eigenvalue weighted by atomic mass is 10.1. The van der Waals surface area contributed by atoms with Crippen molar-refractivity contribution in [1.29, 1.82) is 0 Å². The van der Waals surface area contributed by atoms with E-state index in [1.54, 1.807) is 0 Å². The number of carbonyl (C=O) groups is 1. The van der Waals surface area contributed by atoms with Gasteiger partial charge in [0.1, 0.15) is 5.66 Å². The summed E-state index contributed by atoms with van der Waals surface area (Å²) < 4.78 is 0. The normalized spacial score (nSPS) is 16.0. The van der Waals surface area contributed by atoms with E-state index in [1.165, 1.54) is 38.5 Å². The van der Waals surface area contributed by atoms with Gasteiger partial charge in [-0.05, 0) is 32.4 Å². The van der Waals surface area contributed by atoms with Crippen LogP contribution < -0.4 is 16.0 Å². The third kappa shape index (κ3) is 12.5. The van der Waals surface area contributed by atoms with E-state index < -0.39 is 5.97 Å². The van der Waals surface area contributed by atoms with Gasteiger partial charge in [-0.1, -0.05) is 63.6 Å². The van der Waals surface area contributed by atoms with Crippen LogP contribution in [0.15, 0.2) is 40.3 Å². The van der Waals surface area contributed by atoms with Crippen LogP contribution in [0.1, 0.15) is 72.6 Å². The number of rotatable bonds is 9. The van der Waals surface area contributed by atoms with E-state index >= 15 is 0 Å². The largest absolute Gasteiger partial charge is 0.481 e. The molecule has 29 heavy (non-hydrogen) atoms. The van der Waals surface area contributed by atoms with Gasteiger partial charge in [0.2, 0.25) is 5.96 Å². The number of aliphatic imine (C=N–C) groups is 2. The molecule has 0 bridgehead atoms. The van der Waals surface area contributed by atoms with Crippen molar-refractivity contribution in [1.82, 2.24) is 10.6 Å². The van der Waals surface area contributed by atoms with Crippen molar-refractivity contribution in [2.75, 3.05) is 11.9 Å². The number of benzene rings is 1. The van der Waals surface area contributed by atoms with Crippen LogP contribution in [-0.2, 0) is 4.79 Å². The molecule has 4 N–H and O–H groups in total. The van der Waals surface area contributed by atoms with Crippen LogP contribution in [0.3, 0.4) is 0 Å². The molecule has 0 fully saturated rings. The first-order valence-electron chi connectivity index (χ1n) is 10.5. The molecule has 1 aliphatic heterocycles. The van der Waals surface area contributed by atoms with Gasteiger partial charge in [-0.3, -0.25) is 15.1 Å². The fraction of sp³-hybridized carbons (Fsp3) is 0.591. The summed E-state index contributed by atoms with van der Waals surface area (Å²) in [5.41, 5.74) is 0.638. The Labute approximate surface area is 175 Å². The number of hydrogen-bond donors (Lipinski definition) is 4. The highest BCUT2D eigenvalue weighted by atomic mass is 16.4. The van der Waals surface area contributed by atoms with Crippen LogP contribution in [0.25, 0.3) is 0 Å². The molecule has 0 atom stereocenters. The topological polar surface area (TPSA) is 98.1 Å². The second-order valence-electron chi connectivity index (χ2n) is 7.63. The summed E-state index contributed by atoms with van der Waals surface area (Å²) in [6, 6.07) is 10.1. The summed E-state index contributed by atoms with van der Waals surface area (Å²) in [6.07, 6.45) is 9.10. The predicted octanol–water partition coefficient (Wildman–Crippen LogP) is 4.58. The van der Waals surface area contributed by atoms with E-state index in [4.69, 9.17) is 9.90 Å². The summed E-state index contributed by atoms with van der Waals surface area (Å²) >= 11 is 0. The molecule has 0 spiro atoms. The summed E-state index contributed by atoms with van der Waals surface area (Å²) in [7, 11) is 0. The lowest BCUT2D eigenvalue weighted by Gasteiger charge is -2.31. The minimum absolute atomic E-state index is 0.374.